The summed E-state index contributed by atoms with van der Waals surface area (Å²) in [6.45, 7) is 8.78. The minimum Gasteiger partial charge on any atom is -0.370 e. The van der Waals surface area contributed by atoms with Crippen molar-refractivity contribution >= 4 is 11.6 Å². The fraction of sp³-hybridized carbons (Fsp3) is 0.643. The average molecular weight is 275 g/mol. The molecule has 0 amide bonds. The quantitative estimate of drug-likeness (QED) is 0.900. The van der Waals surface area contributed by atoms with Gasteiger partial charge in [-0.25, -0.2) is 9.97 Å². The summed E-state index contributed by atoms with van der Waals surface area (Å²) in [5, 5.41) is 12.3. The Morgan fingerprint density at radius 3 is 2.95 bits per heavy atom. The Hall–Kier alpha value is -1.87. The molecule has 1 aliphatic rings. The van der Waals surface area contributed by atoms with Crippen LogP contribution >= 0.6 is 0 Å². The minimum absolute atomic E-state index is 0.384. The van der Waals surface area contributed by atoms with Crippen molar-refractivity contribution in [3.63, 3.8) is 0 Å². The molecule has 2 heterocycles. The van der Waals surface area contributed by atoms with Gasteiger partial charge in [-0.15, -0.1) is 0 Å². The van der Waals surface area contributed by atoms with Crippen LogP contribution in [0, 0.1) is 25.2 Å². The first-order valence-electron chi connectivity index (χ1n) is 7.01. The summed E-state index contributed by atoms with van der Waals surface area (Å²) in [6, 6.07) is 2.16. The Morgan fingerprint density at radius 1 is 1.45 bits per heavy atom. The summed E-state index contributed by atoms with van der Waals surface area (Å²) < 4.78 is 5.38. The smallest absolute Gasteiger partial charge is 0.161 e. The molecule has 1 saturated heterocycles. The van der Waals surface area contributed by atoms with Crippen molar-refractivity contribution in [2.75, 3.05) is 36.5 Å². The van der Waals surface area contributed by atoms with E-state index in [1.807, 2.05) is 13.8 Å². The molecule has 2 rings (SSSR count). The van der Waals surface area contributed by atoms with Gasteiger partial charge in [0.15, 0.2) is 6.10 Å². The zero-order chi connectivity index (χ0) is 14.5. The van der Waals surface area contributed by atoms with Crippen LogP contribution in [-0.2, 0) is 4.74 Å². The van der Waals surface area contributed by atoms with Crippen molar-refractivity contribution in [2.45, 2.75) is 33.3 Å². The van der Waals surface area contributed by atoms with Crippen LogP contribution < -0.4 is 10.2 Å². The average Bonchev–Trinajstić information content (AvgIpc) is 2.47. The number of aryl methyl sites for hydroxylation is 1. The van der Waals surface area contributed by atoms with Crippen molar-refractivity contribution in [1.82, 2.24) is 9.97 Å². The maximum Gasteiger partial charge on any atom is 0.161 e. The number of nitrogens with zero attached hydrogens (tertiary/aromatic N) is 4. The molecule has 1 atom stereocenters. The van der Waals surface area contributed by atoms with Crippen LogP contribution in [0.3, 0.4) is 0 Å². The molecule has 1 unspecified atom stereocenters. The monoisotopic (exact) mass is 275 g/mol. The predicted molar refractivity (Wildman–Crippen MR) is 77.9 cm³/mol. The molecule has 6 heteroatoms. The van der Waals surface area contributed by atoms with E-state index in [1.54, 1.807) is 0 Å². The molecule has 0 saturated carbocycles. The van der Waals surface area contributed by atoms with Gasteiger partial charge in [-0.1, -0.05) is 6.92 Å². The van der Waals surface area contributed by atoms with Gasteiger partial charge >= 0.3 is 0 Å². The summed E-state index contributed by atoms with van der Waals surface area (Å²) in [5.41, 5.74) is 1.03. The molecule has 0 aromatic carbocycles. The third kappa shape index (κ3) is 3.17. The second-order valence-corrected chi connectivity index (χ2v) is 4.93. The highest BCUT2D eigenvalue weighted by molar-refractivity contribution is 5.59. The van der Waals surface area contributed by atoms with Crippen molar-refractivity contribution < 1.29 is 4.74 Å². The molecule has 0 bridgehead atoms. The van der Waals surface area contributed by atoms with Gasteiger partial charge in [0.25, 0.3) is 0 Å². The molecule has 0 spiro atoms. The third-order valence-corrected chi connectivity index (χ3v) is 3.28. The first-order chi connectivity index (χ1) is 9.65. The zero-order valence-corrected chi connectivity index (χ0v) is 12.3. The Labute approximate surface area is 119 Å². The number of anilines is 2. The van der Waals surface area contributed by atoms with E-state index in [1.165, 1.54) is 0 Å². The minimum atomic E-state index is -0.384. The van der Waals surface area contributed by atoms with Crippen molar-refractivity contribution in [3.8, 4) is 6.07 Å². The Morgan fingerprint density at radius 2 is 2.25 bits per heavy atom. The van der Waals surface area contributed by atoms with Gasteiger partial charge in [-0.3, -0.25) is 0 Å². The molecular weight excluding hydrogens is 254 g/mol. The molecule has 0 radical (unpaired) electrons. The van der Waals surface area contributed by atoms with Gasteiger partial charge in [0.1, 0.15) is 17.5 Å². The molecule has 0 aliphatic carbocycles. The second-order valence-electron chi connectivity index (χ2n) is 4.93. The number of hydrogen-bond acceptors (Lipinski definition) is 6. The summed E-state index contributed by atoms with van der Waals surface area (Å²) in [7, 11) is 0. The third-order valence-electron chi connectivity index (χ3n) is 3.28. The zero-order valence-electron chi connectivity index (χ0n) is 12.3. The van der Waals surface area contributed by atoms with E-state index in [9.17, 15) is 0 Å². The Bertz CT molecular complexity index is 511. The van der Waals surface area contributed by atoms with Crippen molar-refractivity contribution in [2.24, 2.45) is 0 Å². The van der Waals surface area contributed by atoms with Gasteiger partial charge in [-0.05, 0) is 20.3 Å². The maximum absolute atomic E-state index is 9.00. The lowest BCUT2D eigenvalue weighted by molar-refractivity contribution is 0.0761. The van der Waals surface area contributed by atoms with Crippen LogP contribution in [0.5, 0.6) is 0 Å². The lowest BCUT2D eigenvalue weighted by Gasteiger charge is -2.32. The van der Waals surface area contributed by atoms with Gasteiger partial charge in [0.05, 0.1) is 19.2 Å². The fourth-order valence-corrected chi connectivity index (χ4v) is 2.26. The van der Waals surface area contributed by atoms with Crippen molar-refractivity contribution in [1.29, 1.82) is 5.26 Å². The van der Waals surface area contributed by atoms with Crippen LogP contribution in [0.2, 0.25) is 0 Å². The standard InChI is InChI=1S/C14H21N5O/c1-4-5-16-13-10(2)14(18-11(3)17-13)19-6-7-20-12(8-15)9-19/h12H,4-7,9H2,1-3H3,(H,16,17,18). The number of ether oxygens (including phenoxy) is 1. The highest BCUT2D eigenvalue weighted by atomic mass is 16.5. The first kappa shape index (κ1) is 14.5. The van der Waals surface area contributed by atoms with E-state index in [0.717, 1.165) is 42.5 Å². The number of morpholine rings is 1. The number of nitrogens with one attached hydrogen (secondary N) is 1. The highest BCUT2D eigenvalue weighted by Gasteiger charge is 2.23. The largest absolute Gasteiger partial charge is 0.370 e. The van der Waals surface area contributed by atoms with E-state index < -0.39 is 0 Å². The van der Waals surface area contributed by atoms with Gasteiger partial charge in [0.2, 0.25) is 0 Å². The molecule has 1 fully saturated rings. The van der Waals surface area contributed by atoms with Gasteiger partial charge < -0.3 is 15.0 Å². The number of hydrogen-bond donors (Lipinski definition) is 1. The van der Waals surface area contributed by atoms with E-state index in [2.05, 4.69) is 33.2 Å². The maximum atomic E-state index is 9.00. The molecule has 6 nitrogen and oxygen atoms in total. The normalized spacial score (nSPS) is 18.7. The Kier molecular flexibility index (Phi) is 4.74. The molecule has 1 aliphatic heterocycles. The molecule has 20 heavy (non-hydrogen) atoms. The fourth-order valence-electron chi connectivity index (χ4n) is 2.26. The molecule has 108 valence electrons. The lowest BCUT2D eigenvalue weighted by Crippen LogP contribution is -2.42. The van der Waals surface area contributed by atoms with Crippen molar-refractivity contribution in [3.05, 3.63) is 11.4 Å². The molecular formula is C14H21N5O. The molecule has 1 aromatic rings. The van der Waals surface area contributed by atoms with E-state index in [0.29, 0.717) is 13.2 Å². The van der Waals surface area contributed by atoms with Crippen LogP contribution in [0.25, 0.3) is 0 Å². The summed E-state index contributed by atoms with van der Waals surface area (Å²) in [4.78, 5) is 11.1. The number of aromatic nitrogens is 2. The SMILES string of the molecule is CCCNc1nc(C)nc(N2CCOC(C#N)C2)c1C. The summed E-state index contributed by atoms with van der Waals surface area (Å²) in [6.07, 6.45) is 0.664. The Balaban J connectivity index is 2.26. The second kappa shape index (κ2) is 6.53. The van der Waals surface area contributed by atoms with E-state index >= 15 is 0 Å². The topological polar surface area (TPSA) is 74.1 Å². The summed E-state index contributed by atoms with van der Waals surface area (Å²) in [5.74, 6) is 2.53. The number of rotatable bonds is 4. The van der Waals surface area contributed by atoms with E-state index in [-0.39, 0.29) is 6.10 Å². The van der Waals surface area contributed by atoms with E-state index in [4.69, 9.17) is 10.00 Å². The lowest BCUT2D eigenvalue weighted by atomic mass is 10.2. The highest BCUT2D eigenvalue weighted by Crippen LogP contribution is 2.25. The van der Waals surface area contributed by atoms with Gasteiger partial charge in [-0.2, -0.15) is 5.26 Å². The summed E-state index contributed by atoms with van der Waals surface area (Å²) >= 11 is 0. The van der Waals surface area contributed by atoms with Crippen LogP contribution in [0.1, 0.15) is 24.7 Å². The molecule has 1 aromatic heterocycles. The van der Waals surface area contributed by atoms with Crippen LogP contribution in [-0.4, -0.2) is 42.3 Å². The van der Waals surface area contributed by atoms with Crippen LogP contribution in [0.4, 0.5) is 11.6 Å². The molecule has 1 N–H and O–H groups in total. The van der Waals surface area contributed by atoms with Crippen LogP contribution in [0.15, 0.2) is 0 Å². The first-order valence-corrected chi connectivity index (χ1v) is 7.01. The van der Waals surface area contributed by atoms with Gasteiger partial charge in [0, 0.05) is 18.7 Å². The predicted octanol–water partition coefficient (Wildman–Crippen LogP) is 1.64. The number of nitriles is 1.